The van der Waals surface area contributed by atoms with E-state index in [1.807, 2.05) is 11.3 Å². The molecular formula is C15H17Br2NS. The van der Waals surface area contributed by atoms with Crippen LogP contribution in [0.15, 0.2) is 44.7 Å². The molecule has 0 saturated carbocycles. The van der Waals surface area contributed by atoms with Gasteiger partial charge < -0.3 is 5.32 Å². The molecule has 0 aliphatic heterocycles. The molecule has 1 N–H and O–H groups in total. The maximum Gasteiger partial charge on any atom is 0.0380 e. The van der Waals surface area contributed by atoms with Gasteiger partial charge in [-0.1, -0.05) is 41.1 Å². The normalized spacial score (nSPS) is 12.6. The zero-order valence-electron chi connectivity index (χ0n) is 10.8. The number of benzene rings is 1. The quantitative estimate of drug-likeness (QED) is 0.667. The summed E-state index contributed by atoms with van der Waals surface area (Å²) in [4.78, 5) is 1.39. The molecule has 1 atom stereocenters. The van der Waals surface area contributed by atoms with Crippen molar-refractivity contribution in [2.24, 2.45) is 0 Å². The molecule has 1 aromatic carbocycles. The van der Waals surface area contributed by atoms with Gasteiger partial charge in [-0.2, -0.15) is 0 Å². The molecule has 1 unspecified atom stereocenters. The zero-order valence-corrected chi connectivity index (χ0v) is 14.8. The maximum atomic E-state index is 3.66. The van der Waals surface area contributed by atoms with Crippen LogP contribution in [0.2, 0.25) is 0 Å². The summed E-state index contributed by atoms with van der Waals surface area (Å²) in [7, 11) is 0. The van der Waals surface area contributed by atoms with Gasteiger partial charge in [0.2, 0.25) is 0 Å². The van der Waals surface area contributed by atoms with Crippen LogP contribution in [0.1, 0.15) is 29.8 Å². The van der Waals surface area contributed by atoms with E-state index in [9.17, 15) is 0 Å². The fraction of sp³-hybridized carbons (Fsp3) is 0.333. The standard InChI is InChI=1S/C15H17Br2NS/c1-2-8-18-14(10-15-13(17)7-9-19-15)11-5-3-4-6-12(11)16/h3-7,9,14,18H,2,8,10H2,1H3. The molecule has 0 spiro atoms. The van der Waals surface area contributed by atoms with E-state index in [2.05, 4.69) is 79.8 Å². The second-order valence-corrected chi connectivity index (χ2v) is 7.13. The fourth-order valence-corrected chi connectivity index (χ4v) is 4.15. The first-order chi connectivity index (χ1) is 9.22. The summed E-state index contributed by atoms with van der Waals surface area (Å²) in [6, 6.07) is 10.9. The van der Waals surface area contributed by atoms with Crippen molar-refractivity contribution >= 4 is 43.2 Å². The van der Waals surface area contributed by atoms with Crippen molar-refractivity contribution in [3.63, 3.8) is 0 Å². The highest BCUT2D eigenvalue weighted by Gasteiger charge is 2.16. The van der Waals surface area contributed by atoms with Crippen molar-refractivity contribution in [3.8, 4) is 0 Å². The highest BCUT2D eigenvalue weighted by molar-refractivity contribution is 9.10. The summed E-state index contributed by atoms with van der Waals surface area (Å²) in [6.07, 6.45) is 2.16. The Balaban J connectivity index is 2.21. The fourth-order valence-electron chi connectivity index (χ4n) is 2.02. The van der Waals surface area contributed by atoms with Crippen molar-refractivity contribution in [2.45, 2.75) is 25.8 Å². The second kappa shape index (κ2) is 7.58. The predicted molar refractivity (Wildman–Crippen MR) is 90.9 cm³/mol. The summed E-state index contributed by atoms with van der Waals surface area (Å²) < 4.78 is 2.39. The Bertz CT molecular complexity index is 524. The summed E-state index contributed by atoms with van der Waals surface area (Å²) in [5.41, 5.74) is 1.33. The third-order valence-electron chi connectivity index (χ3n) is 3.00. The minimum Gasteiger partial charge on any atom is -0.310 e. The molecule has 0 saturated heterocycles. The lowest BCUT2D eigenvalue weighted by atomic mass is 10.0. The Morgan fingerprint density at radius 2 is 1.95 bits per heavy atom. The molecule has 0 bridgehead atoms. The topological polar surface area (TPSA) is 12.0 Å². The Morgan fingerprint density at radius 3 is 2.58 bits per heavy atom. The lowest BCUT2D eigenvalue weighted by Crippen LogP contribution is -2.24. The molecule has 1 nitrogen and oxygen atoms in total. The van der Waals surface area contributed by atoms with Crippen LogP contribution in [0.3, 0.4) is 0 Å². The van der Waals surface area contributed by atoms with Crippen molar-refractivity contribution in [2.75, 3.05) is 6.54 Å². The van der Waals surface area contributed by atoms with E-state index in [0.717, 1.165) is 19.4 Å². The molecule has 0 radical (unpaired) electrons. The lowest BCUT2D eigenvalue weighted by Gasteiger charge is -2.20. The van der Waals surface area contributed by atoms with Crippen LogP contribution in [0.4, 0.5) is 0 Å². The molecule has 4 heteroatoms. The summed E-state index contributed by atoms with van der Waals surface area (Å²) >= 11 is 9.10. The highest BCUT2D eigenvalue weighted by atomic mass is 79.9. The first-order valence-corrected chi connectivity index (χ1v) is 8.88. The molecule has 2 rings (SSSR count). The summed E-state index contributed by atoms with van der Waals surface area (Å²) in [5.74, 6) is 0. The van der Waals surface area contributed by atoms with Crippen molar-refractivity contribution in [1.29, 1.82) is 0 Å². The monoisotopic (exact) mass is 401 g/mol. The van der Waals surface area contributed by atoms with Gasteiger partial charge in [0.15, 0.2) is 0 Å². The van der Waals surface area contributed by atoms with E-state index >= 15 is 0 Å². The van der Waals surface area contributed by atoms with Crippen LogP contribution >= 0.6 is 43.2 Å². The number of hydrogen-bond donors (Lipinski definition) is 1. The number of halogens is 2. The smallest absolute Gasteiger partial charge is 0.0380 e. The van der Waals surface area contributed by atoms with Crippen LogP contribution in [-0.2, 0) is 6.42 Å². The van der Waals surface area contributed by atoms with Crippen LogP contribution in [0.25, 0.3) is 0 Å². The van der Waals surface area contributed by atoms with Gasteiger partial charge >= 0.3 is 0 Å². The van der Waals surface area contributed by atoms with E-state index in [1.165, 1.54) is 19.4 Å². The highest BCUT2D eigenvalue weighted by Crippen LogP contribution is 2.31. The van der Waals surface area contributed by atoms with Crippen LogP contribution < -0.4 is 5.32 Å². The van der Waals surface area contributed by atoms with Gasteiger partial charge in [-0.05, 0) is 52.0 Å². The largest absolute Gasteiger partial charge is 0.310 e. The van der Waals surface area contributed by atoms with Crippen LogP contribution in [0.5, 0.6) is 0 Å². The number of nitrogens with one attached hydrogen (secondary N) is 1. The zero-order chi connectivity index (χ0) is 13.7. The summed E-state index contributed by atoms with van der Waals surface area (Å²) in [5, 5.41) is 5.78. The van der Waals surface area contributed by atoms with Crippen LogP contribution in [0, 0.1) is 0 Å². The predicted octanol–water partition coefficient (Wildman–Crippen LogP) is 5.56. The molecule has 0 aliphatic carbocycles. The van der Waals surface area contributed by atoms with Gasteiger partial charge in [0.1, 0.15) is 0 Å². The van der Waals surface area contributed by atoms with Gasteiger partial charge in [-0.15, -0.1) is 11.3 Å². The molecule has 19 heavy (non-hydrogen) atoms. The van der Waals surface area contributed by atoms with E-state index < -0.39 is 0 Å². The maximum absolute atomic E-state index is 3.66. The molecule has 102 valence electrons. The van der Waals surface area contributed by atoms with E-state index in [0.29, 0.717) is 6.04 Å². The van der Waals surface area contributed by atoms with Crippen molar-refractivity contribution in [1.82, 2.24) is 5.32 Å². The summed E-state index contributed by atoms with van der Waals surface area (Å²) in [6.45, 7) is 3.24. The SMILES string of the molecule is CCCNC(Cc1sccc1Br)c1ccccc1Br. The Labute approximate surface area is 135 Å². The third kappa shape index (κ3) is 4.15. The van der Waals surface area contributed by atoms with Crippen molar-refractivity contribution < 1.29 is 0 Å². The molecular weight excluding hydrogens is 386 g/mol. The molecule has 0 fully saturated rings. The van der Waals surface area contributed by atoms with Gasteiger partial charge in [-0.25, -0.2) is 0 Å². The lowest BCUT2D eigenvalue weighted by molar-refractivity contribution is 0.530. The molecule has 2 aromatic rings. The number of thiophene rings is 1. The van der Waals surface area contributed by atoms with Gasteiger partial charge in [0.05, 0.1) is 0 Å². The Hall–Kier alpha value is -0.160. The minimum absolute atomic E-state index is 0.352. The van der Waals surface area contributed by atoms with E-state index in [1.54, 1.807) is 0 Å². The van der Waals surface area contributed by atoms with Gasteiger partial charge in [0, 0.05) is 26.3 Å². The van der Waals surface area contributed by atoms with E-state index in [-0.39, 0.29) is 0 Å². The average Bonchev–Trinajstić information content (AvgIpc) is 2.81. The Kier molecular flexibility index (Phi) is 6.07. The van der Waals surface area contributed by atoms with Gasteiger partial charge in [0.25, 0.3) is 0 Å². The van der Waals surface area contributed by atoms with Crippen molar-refractivity contribution in [3.05, 3.63) is 55.1 Å². The first-order valence-electron chi connectivity index (χ1n) is 6.42. The van der Waals surface area contributed by atoms with E-state index in [4.69, 9.17) is 0 Å². The number of rotatable bonds is 6. The third-order valence-corrected chi connectivity index (χ3v) is 5.67. The van der Waals surface area contributed by atoms with Crippen LogP contribution in [-0.4, -0.2) is 6.54 Å². The number of hydrogen-bond acceptors (Lipinski definition) is 2. The van der Waals surface area contributed by atoms with Gasteiger partial charge in [-0.3, -0.25) is 0 Å². The molecule has 1 aromatic heterocycles. The Morgan fingerprint density at radius 1 is 1.16 bits per heavy atom. The molecule has 0 amide bonds. The minimum atomic E-state index is 0.352. The second-order valence-electron chi connectivity index (χ2n) is 4.42. The molecule has 0 aliphatic rings. The molecule has 1 heterocycles. The average molecular weight is 403 g/mol. The first kappa shape index (κ1) is 15.2.